The molecule has 2 aromatic heterocycles. The Morgan fingerprint density at radius 2 is 2.00 bits per heavy atom. The van der Waals surface area contributed by atoms with Crippen LogP contribution in [0, 0.1) is 17.2 Å². The molecule has 3 fully saturated rings. The number of anilines is 3. The molecule has 33 heavy (non-hydrogen) atoms. The van der Waals surface area contributed by atoms with Gasteiger partial charge in [0.1, 0.15) is 17.5 Å². The van der Waals surface area contributed by atoms with E-state index in [9.17, 15) is 5.26 Å². The Hall–Kier alpha value is -2.69. The van der Waals surface area contributed by atoms with Gasteiger partial charge in [-0.2, -0.15) is 5.26 Å². The zero-order valence-electron chi connectivity index (χ0n) is 19.5. The first kappa shape index (κ1) is 22.1. The van der Waals surface area contributed by atoms with Gasteiger partial charge in [0.15, 0.2) is 0 Å². The van der Waals surface area contributed by atoms with Gasteiger partial charge < -0.3 is 19.9 Å². The summed E-state index contributed by atoms with van der Waals surface area (Å²) in [7, 11) is 0. The zero-order valence-corrected chi connectivity index (χ0v) is 19.5. The summed E-state index contributed by atoms with van der Waals surface area (Å²) in [6.45, 7) is 8.64. The first-order chi connectivity index (χ1) is 16.2. The molecule has 7 heteroatoms. The second-order valence-corrected chi connectivity index (χ2v) is 9.80. The summed E-state index contributed by atoms with van der Waals surface area (Å²) in [6, 6.07) is 10.7. The highest BCUT2D eigenvalue weighted by atomic mass is 16.5. The molecule has 0 radical (unpaired) electrons. The molecule has 1 N–H and O–H groups in total. The molecule has 3 saturated heterocycles. The number of hydrogen-bond donors (Lipinski definition) is 1. The van der Waals surface area contributed by atoms with E-state index in [-0.39, 0.29) is 0 Å². The van der Waals surface area contributed by atoms with Gasteiger partial charge in [0.05, 0.1) is 11.6 Å². The summed E-state index contributed by atoms with van der Waals surface area (Å²) in [4.78, 5) is 14.4. The van der Waals surface area contributed by atoms with Crippen LogP contribution in [-0.4, -0.2) is 60.3 Å². The molecule has 0 bridgehead atoms. The normalized spacial score (nSPS) is 24.2. The van der Waals surface area contributed by atoms with Gasteiger partial charge in [0.25, 0.3) is 0 Å². The lowest BCUT2D eigenvalue weighted by Gasteiger charge is -2.27. The minimum atomic E-state index is 0.509. The van der Waals surface area contributed by atoms with E-state index in [0.29, 0.717) is 23.3 Å². The van der Waals surface area contributed by atoms with Crippen LogP contribution in [0.5, 0.6) is 0 Å². The molecule has 0 aromatic carbocycles. The van der Waals surface area contributed by atoms with E-state index >= 15 is 0 Å². The first-order valence-electron chi connectivity index (χ1n) is 12.4. The summed E-state index contributed by atoms with van der Waals surface area (Å²) >= 11 is 0. The number of hydrogen-bond acceptors (Lipinski definition) is 7. The van der Waals surface area contributed by atoms with Gasteiger partial charge in [-0.25, -0.2) is 9.97 Å². The number of nitrogens with zero attached hydrogens (tertiary/aromatic N) is 5. The van der Waals surface area contributed by atoms with E-state index in [2.05, 4.69) is 45.2 Å². The molecule has 2 atom stereocenters. The number of aromatic nitrogens is 2. The topological polar surface area (TPSA) is 77.3 Å². The van der Waals surface area contributed by atoms with Crippen molar-refractivity contribution < 1.29 is 4.74 Å². The van der Waals surface area contributed by atoms with Crippen molar-refractivity contribution in [2.45, 2.75) is 51.0 Å². The van der Waals surface area contributed by atoms with Crippen molar-refractivity contribution in [1.29, 1.82) is 5.26 Å². The molecule has 3 aliphatic rings. The minimum absolute atomic E-state index is 0.509. The predicted molar refractivity (Wildman–Crippen MR) is 130 cm³/mol. The van der Waals surface area contributed by atoms with Crippen LogP contribution < -0.4 is 10.2 Å². The third kappa shape index (κ3) is 5.29. The highest BCUT2D eigenvalue weighted by Gasteiger charge is 2.29. The Morgan fingerprint density at radius 1 is 1.12 bits per heavy atom. The lowest BCUT2D eigenvalue weighted by molar-refractivity contribution is 0.0553. The maximum atomic E-state index is 9.24. The molecule has 5 heterocycles. The fraction of sp³-hybridized carbons (Fsp3) is 0.577. The van der Waals surface area contributed by atoms with E-state index in [1.807, 2.05) is 0 Å². The van der Waals surface area contributed by atoms with Crippen LogP contribution in [0.15, 0.2) is 30.5 Å². The maximum Gasteiger partial charge on any atom is 0.134 e. The highest BCUT2D eigenvalue weighted by Crippen LogP contribution is 2.34. The SMILES string of the molecule is C[C@@H]1CCCN1c1cc(C2CCN(CC3CCOCC3)C2)cc(Nc2cc(C#N)ccn2)n1. The minimum Gasteiger partial charge on any atom is -0.381 e. The van der Waals surface area contributed by atoms with E-state index in [1.165, 1.54) is 44.2 Å². The van der Waals surface area contributed by atoms with Crippen molar-refractivity contribution in [3.8, 4) is 6.07 Å². The number of nitriles is 1. The van der Waals surface area contributed by atoms with Gasteiger partial charge in [-0.15, -0.1) is 0 Å². The van der Waals surface area contributed by atoms with Crippen LogP contribution in [0.4, 0.5) is 17.5 Å². The zero-order chi connectivity index (χ0) is 22.6. The Kier molecular flexibility index (Phi) is 6.75. The summed E-state index contributed by atoms with van der Waals surface area (Å²) < 4.78 is 5.54. The van der Waals surface area contributed by atoms with Crippen LogP contribution in [-0.2, 0) is 4.74 Å². The molecule has 3 aliphatic heterocycles. The van der Waals surface area contributed by atoms with Crippen LogP contribution in [0.25, 0.3) is 0 Å². The third-order valence-corrected chi connectivity index (χ3v) is 7.43. The van der Waals surface area contributed by atoms with E-state index in [1.54, 1.807) is 18.3 Å². The number of pyridine rings is 2. The Morgan fingerprint density at radius 3 is 2.79 bits per heavy atom. The van der Waals surface area contributed by atoms with Crippen molar-refractivity contribution in [3.05, 3.63) is 41.6 Å². The van der Waals surface area contributed by atoms with Crippen molar-refractivity contribution in [3.63, 3.8) is 0 Å². The lowest BCUT2D eigenvalue weighted by atomic mass is 9.98. The molecule has 0 aliphatic carbocycles. The molecule has 0 spiro atoms. The van der Waals surface area contributed by atoms with Gasteiger partial charge in [-0.1, -0.05) is 0 Å². The lowest BCUT2D eigenvalue weighted by Crippen LogP contribution is -2.31. The molecule has 2 aromatic rings. The van der Waals surface area contributed by atoms with Crippen molar-refractivity contribution in [2.75, 3.05) is 49.6 Å². The molecule has 1 unspecified atom stereocenters. The smallest absolute Gasteiger partial charge is 0.134 e. The Labute approximate surface area is 196 Å². The predicted octanol–water partition coefficient (Wildman–Crippen LogP) is 4.30. The average molecular weight is 447 g/mol. The van der Waals surface area contributed by atoms with Gasteiger partial charge in [-0.05, 0) is 87.2 Å². The summed E-state index contributed by atoms with van der Waals surface area (Å²) in [5.41, 5.74) is 1.95. The highest BCUT2D eigenvalue weighted by molar-refractivity contribution is 5.59. The molecule has 174 valence electrons. The molecule has 5 rings (SSSR count). The third-order valence-electron chi connectivity index (χ3n) is 7.43. The Balaban J connectivity index is 1.36. The fourth-order valence-electron chi connectivity index (χ4n) is 5.52. The van der Waals surface area contributed by atoms with Crippen LogP contribution in [0.1, 0.15) is 56.1 Å². The van der Waals surface area contributed by atoms with Crippen LogP contribution in [0.3, 0.4) is 0 Å². The largest absolute Gasteiger partial charge is 0.381 e. The molecule has 0 amide bonds. The van der Waals surface area contributed by atoms with Gasteiger partial charge in [-0.3, -0.25) is 0 Å². The monoisotopic (exact) mass is 446 g/mol. The quantitative estimate of drug-likeness (QED) is 0.709. The first-order valence-corrected chi connectivity index (χ1v) is 12.4. The fourth-order valence-corrected chi connectivity index (χ4v) is 5.52. The summed E-state index contributed by atoms with van der Waals surface area (Å²) in [6.07, 6.45) is 7.66. The summed E-state index contributed by atoms with van der Waals surface area (Å²) in [5.74, 6) is 3.81. The van der Waals surface area contributed by atoms with Gasteiger partial charge in [0, 0.05) is 45.1 Å². The number of rotatable bonds is 6. The second kappa shape index (κ2) is 10.1. The van der Waals surface area contributed by atoms with Crippen molar-refractivity contribution >= 4 is 17.5 Å². The van der Waals surface area contributed by atoms with E-state index in [4.69, 9.17) is 9.72 Å². The van der Waals surface area contributed by atoms with E-state index < -0.39 is 0 Å². The average Bonchev–Trinajstić information content (AvgIpc) is 3.49. The molecular formula is C26H34N6O. The van der Waals surface area contributed by atoms with Crippen LogP contribution in [0.2, 0.25) is 0 Å². The number of nitrogens with one attached hydrogen (secondary N) is 1. The van der Waals surface area contributed by atoms with E-state index in [0.717, 1.165) is 50.4 Å². The number of likely N-dealkylation sites (tertiary alicyclic amines) is 1. The molecular weight excluding hydrogens is 412 g/mol. The maximum absolute atomic E-state index is 9.24. The molecule has 7 nitrogen and oxygen atoms in total. The molecule has 0 saturated carbocycles. The van der Waals surface area contributed by atoms with Crippen molar-refractivity contribution in [2.24, 2.45) is 5.92 Å². The van der Waals surface area contributed by atoms with Crippen LogP contribution >= 0.6 is 0 Å². The number of ether oxygens (including phenoxy) is 1. The standard InChI is InChI=1S/C26H34N6O/c1-19-3-2-9-32(19)26-15-23(14-25(30-26)29-24-13-21(16-27)4-8-28-24)22-5-10-31(18-22)17-20-6-11-33-12-7-20/h4,8,13-15,19-20,22H,2-3,5-7,9-12,17-18H2,1H3,(H,28,29,30)/t19-,22?/m1/s1. The second-order valence-electron chi connectivity index (χ2n) is 9.80. The van der Waals surface area contributed by atoms with Gasteiger partial charge in [0.2, 0.25) is 0 Å². The van der Waals surface area contributed by atoms with Crippen molar-refractivity contribution in [1.82, 2.24) is 14.9 Å². The van der Waals surface area contributed by atoms with Gasteiger partial charge >= 0.3 is 0 Å². The summed E-state index contributed by atoms with van der Waals surface area (Å²) in [5, 5.41) is 12.6. The Bertz CT molecular complexity index is 999.